The van der Waals surface area contributed by atoms with Crippen LogP contribution < -0.4 is 5.63 Å². The number of carbonyl (C=O) groups is 1. The van der Waals surface area contributed by atoms with Gasteiger partial charge in [-0.25, -0.2) is 9.78 Å². The summed E-state index contributed by atoms with van der Waals surface area (Å²) in [5.74, 6) is 0.412. The summed E-state index contributed by atoms with van der Waals surface area (Å²) < 4.78 is 5.11. The molecule has 1 aromatic carbocycles. The fraction of sp³-hybridized carbons (Fsp3) is 0.318. The molecule has 3 heterocycles. The zero-order chi connectivity index (χ0) is 23.0. The van der Waals surface area contributed by atoms with Gasteiger partial charge >= 0.3 is 5.63 Å². The number of piperidine rings is 1. The molecule has 2 aromatic heterocycles. The van der Waals surface area contributed by atoms with Crippen LogP contribution in [0.4, 0.5) is 5.69 Å². The van der Waals surface area contributed by atoms with Crippen LogP contribution in [0.1, 0.15) is 45.4 Å². The summed E-state index contributed by atoms with van der Waals surface area (Å²) >= 11 is 7.42. The zero-order valence-electron chi connectivity index (χ0n) is 17.5. The van der Waals surface area contributed by atoms with Crippen molar-refractivity contribution in [3.63, 3.8) is 0 Å². The number of aryl methyl sites for hydroxylation is 2. The molecule has 1 aliphatic rings. The minimum Gasteiger partial charge on any atom is -0.427 e. The molecule has 10 heteroatoms. The van der Waals surface area contributed by atoms with Crippen molar-refractivity contribution in [3.05, 3.63) is 77.1 Å². The van der Waals surface area contributed by atoms with Gasteiger partial charge in [0.25, 0.3) is 11.6 Å². The van der Waals surface area contributed by atoms with Crippen LogP contribution in [-0.2, 0) is 0 Å². The van der Waals surface area contributed by atoms with Crippen LogP contribution in [0, 0.1) is 24.0 Å². The average Bonchev–Trinajstić information content (AvgIpc) is 3.23. The Morgan fingerprint density at radius 2 is 2.00 bits per heavy atom. The SMILES string of the molecule is Cc1cc(=O)oc(C)c1C(=O)N1CCC(c2nc(-c3ccc(Cl)c([N+](=O)[O-])c3)cs2)CC1. The van der Waals surface area contributed by atoms with Gasteiger partial charge in [0.15, 0.2) is 0 Å². The molecule has 1 amide bonds. The molecule has 1 fully saturated rings. The molecule has 1 aliphatic heterocycles. The number of likely N-dealkylation sites (tertiary alicyclic amines) is 1. The number of carbonyl (C=O) groups excluding carboxylic acids is 1. The number of nitro benzene ring substituents is 1. The standard InChI is InChI=1S/C22H20ClN3O5S/c1-12-9-19(27)31-13(2)20(12)22(28)25-7-5-14(6-8-25)21-24-17(11-32-21)15-3-4-16(23)18(10-15)26(29)30/h3-4,9-11,14H,5-8H2,1-2H3. The first-order valence-electron chi connectivity index (χ1n) is 10.0. The van der Waals surface area contributed by atoms with Crippen LogP contribution in [0.25, 0.3) is 11.3 Å². The van der Waals surface area contributed by atoms with Gasteiger partial charge in [0.2, 0.25) is 0 Å². The van der Waals surface area contributed by atoms with Gasteiger partial charge in [-0.15, -0.1) is 11.3 Å². The van der Waals surface area contributed by atoms with Crippen molar-refractivity contribution in [3.8, 4) is 11.3 Å². The Morgan fingerprint density at radius 1 is 1.28 bits per heavy atom. The van der Waals surface area contributed by atoms with Gasteiger partial charge in [-0.2, -0.15) is 0 Å². The first kappa shape index (κ1) is 22.2. The van der Waals surface area contributed by atoms with Crippen molar-refractivity contribution < 1.29 is 14.1 Å². The van der Waals surface area contributed by atoms with E-state index in [1.54, 1.807) is 24.8 Å². The van der Waals surface area contributed by atoms with E-state index in [4.69, 9.17) is 21.0 Å². The second-order valence-corrected chi connectivity index (χ2v) is 9.04. The number of rotatable bonds is 4. The molecule has 0 bridgehead atoms. The fourth-order valence-corrected chi connectivity index (χ4v) is 5.17. The van der Waals surface area contributed by atoms with Crippen LogP contribution in [0.5, 0.6) is 0 Å². The van der Waals surface area contributed by atoms with Gasteiger partial charge < -0.3 is 9.32 Å². The van der Waals surface area contributed by atoms with Gasteiger partial charge in [-0.05, 0) is 38.3 Å². The van der Waals surface area contributed by atoms with Gasteiger partial charge in [-0.1, -0.05) is 17.7 Å². The van der Waals surface area contributed by atoms with Crippen LogP contribution in [-0.4, -0.2) is 33.8 Å². The van der Waals surface area contributed by atoms with E-state index in [1.807, 2.05) is 5.38 Å². The van der Waals surface area contributed by atoms with E-state index in [-0.39, 0.29) is 22.5 Å². The number of thiazole rings is 1. The van der Waals surface area contributed by atoms with Gasteiger partial charge in [-0.3, -0.25) is 14.9 Å². The van der Waals surface area contributed by atoms with Crippen molar-refractivity contribution in [1.82, 2.24) is 9.88 Å². The summed E-state index contributed by atoms with van der Waals surface area (Å²) in [6.07, 6.45) is 1.52. The molecule has 0 N–H and O–H groups in total. The third-order valence-corrected chi connectivity index (χ3v) is 6.97. The Hall–Kier alpha value is -3.04. The van der Waals surface area contributed by atoms with Crippen LogP contribution >= 0.6 is 22.9 Å². The monoisotopic (exact) mass is 473 g/mol. The van der Waals surface area contributed by atoms with E-state index in [2.05, 4.69) is 0 Å². The Labute approximate surface area is 192 Å². The highest BCUT2D eigenvalue weighted by atomic mass is 35.5. The lowest BCUT2D eigenvalue weighted by atomic mass is 9.96. The molecule has 0 unspecified atom stereocenters. The summed E-state index contributed by atoms with van der Waals surface area (Å²) in [4.78, 5) is 41.6. The Balaban J connectivity index is 1.46. The molecule has 0 spiro atoms. The van der Waals surface area contributed by atoms with E-state index in [0.717, 1.165) is 17.8 Å². The van der Waals surface area contributed by atoms with Gasteiger partial charge in [0.05, 0.1) is 21.2 Å². The normalized spacial score (nSPS) is 14.5. The van der Waals surface area contributed by atoms with E-state index < -0.39 is 10.5 Å². The highest BCUT2D eigenvalue weighted by Gasteiger charge is 2.28. The van der Waals surface area contributed by atoms with Crippen LogP contribution in [0.15, 0.2) is 38.9 Å². The first-order chi connectivity index (χ1) is 15.2. The number of amides is 1. The molecule has 32 heavy (non-hydrogen) atoms. The Bertz CT molecular complexity index is 1230. The maximum absolute atomic E-state index is 13.0. The lowest BCUT2D eigenvalue weighted by Gasteiger charge is -2.31. The average molecular weight is 474 g/mol. The highest BCUT2D eigenvalue weighted by molar-refractivity contribution is 7.10. The van der Waals surface area contributed by atoms with Crippen molar-refractivity contribution in [2.24, 2.45) is 0 Å². The molecule has 166 valence electrons. The lowest BCUT2D eigenvalue weighted by molar-refractivity contribution is -0.384. The molecule has 8 nitrogen and oxygen atoms in total. The van der Waals surface area contributed by atoms with Crippen molar-refractivity contribution >= 4 is 34.5 Å². The molecule has 0 saturated carbocycles. The predicted octanol–water partition coefficient (Wildman–Crippen LogP) is 4.96. The summed E-state index contributed by atoms with van der Waals surface area (Å²) in [6.45, 7) is 4.51. The maximum Gasteiger partial charge on any atom is 0.336 e. The Morgan fingerprint density at radius 3 is 2.66 bits per heavy atom. The van der Waals surface area contributed by atoms with Gasteiger partial charge in [0, 0.05) is 42.1 Å². The molecule has 1 saturated heterocycles. The molecule has 0 aliphatic carbocycles. The van der Waals surface area contributed by atoms with E-state index in [9.17, 15) is 19.7 Å². The summed E-state index contributed by atoms with van der Waals surface area (Å²) in [5.41, 5.74) is 1.78. The van der Waals surface area contributed by atoms with Gasteiger partial charge in [0.1, 0.15) is 10.8 Å². The maximum atomic E-state index is 13.0. The molecule has 0 radical (unpaired) electrons. The first-order valence-corrected chi connectivity index (χ1v) is 11.3. The molecule has 0 atom stereocenters. The number of halogens is 1. The van der Waals surface area contributed by atoms with Crippen molar-refractivity contribution in [1.29, 1.82) is 0 Å². The number of hydrogen-bond donors (Lipinski definition) is 0. The number of nitrogens with zero attached hydrogens (tertiary/aromatic N) is 3. The topological polar surface area (TPSA) is 107 Å². The van der Waals surface area contributed by atoms with E-state index in [0.29, 0.717) is 41.2 Å². The quantitative estimate of drug-likeness (QED) is 0.391. The van der Waals surface area contributed by atoms with Crippen molar-refractivity contribution in [2.75, 3.05) is 13.1 Å². The second kappa shape index (κ2) is 8.84. The Kier molecular flexibility index (Phi) is 6.12. The van der Waals surface area contributed by atoms with E-state index in [1.165, 1.54) is 29.5 Å². The number of hydrogen-bond acceptors (Lipinski definition) is 7. The zero-order valence-corrected chi connectivity index (χ0v) is 19.0. The predicted molar refractivity (Wildman–Crippen MR) is 122 cm³/mol. The molecular weight excluding hydrogens is 454 g/mol. The minimum absolute atomic E-state index is 0.0920. The van der Waals surface area contributed by atoms with Crippen LogP contribution in [0.2, 0.25) is 5.02 Å². The number of aromatic nitrogens is 1. The third kappa shape index (κ3) is 4.31. The third-order valence-electron chi connectivity index (χ3n) is 5.64. The molecule has 3 aromatic rings. The fourth-order valence-electron chi connectivity index (χ4n) is 3.98. The second-order valence-electron chi connectivity index (χ2n) is 7.74. The summed E-state index contributed by atoms with van der Waals surface area (Å²) in [6, 6.07) is 6.00. The summed E-state index contributed by atoms with van der Waals surface area (Å²) in [5, 5.41) is 14.1. The largest absolute Gasteiger partial charge is 0.427 e. The van der Waals surface area contributed by atoms with E-state index >= 15 is 0 Å². The molecular formula is C22H20ClN3O5S. The molecule has 4 rings (SSSR count). The number of nitro groups is 1. The summed E-state index contributed by atoms with van der Waals surface area (Å²) in [7, 11) is 0. The van der Waals surface area contributed by atoms with Crippen LogP contribution in [0.3, 0.4) is 0 Å². The highest BCUT2D eigenvalue weighted by Crippen LogP contribution is 2.35. The minimum atomic E-state index is -0.507. The smallest absolute Gasteiger partial charge is 0.336 e. The number of benzene rings is 1. The lowest BCUT2D eigenvalue weighted by Crippen LogP contribution is -2.38. The van der Waals surface area contributed by atoms with Crippen molar-refractivity contribution in [2.45, 2.75) is 32.6 Å².